The summed E-state index contributed by atoms with van der Waals surface area (Å²) in [4.78, 5) is 4.00. The molecule has 3 nitrogen and oxygen atoms in total. The summed E-state index contributed by atoms with van der Waals surface area (Å²) >= 11 is 3.25. The van der Waals surface area contributed by atoms with Crippen LogP contribution in [0.3, 0.4) is 0 Å². The molecule has 1 heterocycles. The van der Waals surface area contributed by atoms with Crippen molar-refractivity contribution >= 4 is 15.9 Å². The summed E-state index contributed by atoms with van der Waals surface area (Å²) < 4.78 is 0.686. The van der Waals surface area contributed by atoms with E-state index in [1.165, 1.54) is 0 Å². The van der Waals surface area contributed by atoms with Crippen LogP contribution in [0.25, 0.3) is 0 Å². The number of aromatic nitrogens is 1. The molecule has 0 aliphatic carbocycles. The molecular weight excluding hydrogens is 220 g/mol. The van der Waals surface area contributed by atoms with E-state index in [0.717, 1.165) is 5.56 Å². The Kier molecular flexibility index (Phi) is 3.65. The largest absolute Gasteiger partial charge is 0.388 e. The van der Waals surface area contributed by atoms with Crippen LogP contribution in [0.2, 0.25) is 0 Å². The molecule has 0 aliphatic heterocycles. The predicted molar refractivity (Wildman–Crippen MR) is 50.6 cm³/mol. The summed E-state index contributed by atoms with van der Waals surface area (Å²) in [6, 6.07) is 3.62. The number of pyridine rings is 1. The molecule has 0 fully saturated rings. The average Bonchev–Trinajstić information content (AvgIpc) is 2.05. The van der Waals surface area contributed by atoms with E-state index in [1.807, 2.05) is 6.07 Å². The molecule has 0 aromatic carbocycles. The van der Waals surface area contributed by atoms with Crippen LogP contribution < -0.4 is 5.73 Å². The van der Waals surface area contributed by atoms with Gasteiger partial charge in [0.25, 0.3) is 0 Å². The molecule has 0 radical (unpaired) electrons. The zero-order valence-electron chi connectivity index (χ0n) is 6.57. The molecule has 1 unspecified atom stereocenters. The van der Waals surface area contributed by atoms with Crippen molar-refractivity contribution in [2.45, 2.75) is 12.5 Å². The van der Waals surface area contributed by atoms with Gasteiger partial charge in [0.1, 0.15) is 4.60 Å². The minimum absolute atomic E-state index is 0.475. The third-order valence-corrected chi connectivity index (χ3v) is 2.25. The lowest BCUT2D eigenvalue weighted by Crippen LogP contribution is -2.07. The Bertz CT molecular complexity index is 255. The zero-order valence-corrected chi connectivity index (χ0v) is 8.16. The lowest BCUT2D eigenvalue weighted by molar-refractivity contribution is 0.169. The SMILES string of the molecule is NCCC(O)c1cccnc1Br. The van der Waals surface area contributed by atoms with Gasteiger partial charge in [-0.05, 0) is 35.0 Å². The van der Waals surface area contributed by atoms with Crippen molar-refractivity contribution in [3.05, 3.63) is 28.5 Å². The summed E-state index contributed by atoms with van der Waals surface area (Å²) in [6.45, 7) is 0.475. The molecule has 0 spiro atoms. The molecule has 0 amide bonds. The second-order valence-corrected chi connectivity index (χ2v) is 3.23. The number of aliphatic hydroxyl groups excluding tert-OH is 1. The molecule has 0 saturated carbocycles. The molecule has 0 saturated heterocycles. The zero-order chi connectivity index (χ0) is 8.97. The fraction of sp³-hybridized carbons (Fsp3) is 0.375. The molecular formula is C8H11BrN2O. The number of aliphatic hydroxyl groups is 1. The number of nitrogens with zero attached hydrogens (tertiary/aromatic N) is 1. The Morgan fingerprint density at radius 1 is 1.67 bits per heavy atom. The molecule has 66 valence electrons. The first-order chi connectivity index (χ1) is 5.75. The highest BCUT2D eigenvalue weighted by Crippen LogP contribution is 2.22. The molecule has 0 bridgehead atoms. The van der Waals surface area contributed by atoms with Gasteiger partial charge in [-0.2, -0.15) is 0 Å². The lowest BCUT2D eigenvalue weighted by Gasteiger charge is -2.09. The van der Waals surface area contributed by atoms with Crippen LogP contribution >= 0.6 is 15.9 Å². The van der Waals surface area contributed by atoms with Crippen LogP contribution in [0.4, 0.5) is 0 Å². The fourth-order valence-corrected chi connectivity index (χ4v) is 1.48. The predicted octanol–water partition coefficient (Wildman–Crippen LogP) is 1.23. The van der Waals surface area contributed by atoms with Crippen LogP contribution in [0.5, 0.6) is 0 Å². The molecule has 1 aromatic rings. The van der Waals surface area contributed by atoms with Gasteiger partial charge in [-0.3, -0.25) is 0 Å². The van der Waals surface area contributed by atoms with Crippen LogP contribution in [0.15, 0.2) is 22.9 Å². The molecule has 0 aliphatic rings. The molecule has 3 N–H and O–H groups in total. The van der Waals surface area contributed by atoms with Gasteiger partial charge >= 0.3 is 0 Å². The number of rotatable bonds is 3. The Morgan fingerprint density at radius 2 is 2.42 bits per heavy atom. The second-order valence-electron chi connectivity index (χ2n) is 2.48. The normalized spacial score (nSPS) is 12.9. The van der Waals surface area contributed by atoms with Crippen molar-refractivity contribution in [3.63, 3.8) is 0 Å². The van der Waals surface area contributed by atoms with E-state index in [1.54, 1.807) is 12.3 Å². The van der Waals surface area contributed by atoms with Crippen molar-refractivity contribution in [1.82, 2.24) is 4.98 Å². The Balaban J connectivity index is 2.79. The molecule has 1 atom stereocenters. The van der Waals surface area contributed by atoms with Crippen molar-refractivity contribution in [2.75, 3.05) is 6.54 Å². The van der Waals surface area contributed by atoms with Crippen LogP contribution in [-0.4, -0.2) is 16.6 Å². The summed E-state index contributed by atoms with van der Waals surface area (Å²) in [5.41, 5.74) is 6.12. The van der Waals surface area contributed by atoms with E-state index in [0.29, 0.717) is 17.6 Å². The van der Waals surface area contributed by atoms with Gasteiger partial charge in [0.2, 0.25) is 0 Å². The van der Waals surface area contributed by atoms with E-state index >= 15 is 0 Å². The van der Waals surface area contributed by atoms with Gasteiger partial charge in [-0.25, -0.2) is 4.98 Å². The maximum absolute atomic E-state index is 9.55. The van der Waals surface area contributed by atoms with Crippen molar-refractivity contribution < 1.29 is 5.11 Å². The van der Waals surface area contributed by atoms with Gasteiger partial charge in [0.15, 0.2) is 0 Å². The van der Waals surface area contributed by atoms with E-state index in [9.17, 15) is 5.11 Å². The van der Waals surface area contributed by atoms with E-state index in [4.69, 9.17) is 5.73 Å². The minimum Gasteiger partial charge on any atom is -0.388 e. The van der Waals surface area contributed by atoms with Crippen LogP contribution in [-0.2, 0) is 0 Å². The molecule has 1 aromatic heterocycles. The van der Waals surface area contributed by atoms with Gasteiger partial charge in [-0.1, -0.05) is 6.07 Å². The van der Waals surface area contributed by atoms with Gasteiger partial charge in [-0.15, -0.1) is 0 Å². The molecule has 12 heavy (non-hydrogen) atoms. The van der Waals surface area contributed by atoms with Crippen LogP contribution in [0.1, 0.15) is 18.1 Å². The first-order valence-corrected chi connectivity index (χ1v) is 4.53. The molecule has 1 rings (SSSR count). The Morgan fingerprint density at radius 3 is 3.00 bits per heavy atom. The fourth-order valence-electron chi connectivity index (χ4n) is 0.960. The number of hydrogen-bond acceptors (Lipinski definition) is 3. The van der Waals surface area contributed by atoms with E-state index < -0.39 is 6.10 Å². The van der Waals surface area contributed by atoms with Gasteiger partial charge < -0.3 is 10.8 Å². The van der Waals surface area contributed by atoms with E-state index in [-0.39, 0.29) is 0 Å². The summed E-state index contributed by atoms with van der Waals surface area (Å²) in [6.07, 6.45) is 1.71. The Labute approximate surface area is 79.7 Å². The number of nitrogens with two attached hydrogens (primary N) is 1. The first kappa shape index (κ1) is 9.64. The van der Waals surface area contributed by atoms with Crippen molar-refractivity contribution in [1.29, 1.82) is 0 Å². The van der Waals surface area contributed by atoms with Gasteiger partial charge in [0.05, 0.1) is 6.10 Å². The topological polar surface area (TPSA) is 59.1 Å². The van der Waals surface area contributed by atoms with E-state index in [2.05, 4.69) is 20.9 Å². The smallest absolute Gasteiger partial charge is 0.111 e. The van der Waals surface area contributed by atoms with Gasteiger partial charge in [0, 0.05) is 11.8 Å². The Hall–Kier alpha value is -0.450. The lowest BCUT2D eigenvalue weighted by atomic mass is 10.1. The quantitative estimate of drug-likeness (QED) is 0.769. The molecule has 4 heteroatoms. The third-order valence-electron chi connectivity index (χ3n) is 1.59. The summed E-state index contributed by atoms with van der Waals surface area (Å²) in [7, 11) is 0. The third kappa shape index (κ3) is 2.27. The highest BCUT2D eigenvalue weighted by molar-refractivity contribution is 9.10. The monoisotopic (exact) mass is 230 g/mol. The maximum Gasteiger partial charge on any atom is 0.111 e. The minimum atomic E-state index is -0.516. The standard InChI is InChI=1S/C8H11BrN2O/c9-8-6(2-1-5-11-8)7(12)3-4-10/h1-2,5,7,12H,3-4,10H2. The highest BCUT2D eigenvalue weighted by Gasteiger charge is 2.09. The van der Waals surface area contributed by atoms with Crippen LogP contribution in [0, 0.1) is 0 Å². The second kappa shape index (κ2) is 4.54. The average molecular weight is 231 g/mol. The first-order valence-electron chi connectivity index (χ1n) is 3.74. The number of hydrogen-bond donors (Lipinski definition) is 2. The van der Waals surface area contributed by atoms with Crippen molar-refractivity contribution in [2.24, 2.45) is 5.73 Å². The summed E-state index contributed by atoms with van der Waals surface area (Å²) in [5.74, 6) is 0. The number of halogens is 1. The highest BCUT2D eigenvalue weighted by atomic mass is 79.9. The maximum atomic E-state index is 9.55. The van der Waals surface area contributed by atoms with Crippen molar-refractivity contribution in [3.8, 4) is 0 Å². The summed E-state index contributed by atoms with van der Waals surface area (Å²) in [5, 5.41) is 9.55.